The number of carbonyl (C=O) groups excluding carboxylic acids is 1. The highest BCUT2D eigenvalue weighted by Crippen LogP contribution is 2.44. The molecule has 1 aliphatic carbocycles. The van der Waals surface area contributed by atoms with Gasteiger partial charge >= 0.3 is 0 Å². The number of aryl methyl sites for hydroxylation is 1. The number of carbonyl (C=O) groups is 1. The molecule has 0 saturated heterocycles. The third-order valence-electron chi connectivity index (χ3n) is 5.78. The van der Waals surface area contributed by atoms with E-state index in [1.807, 2.05) is 90.5 Å². The van der Waals surface area contributed by atoms with Crippen LogP contribution < -0.4 is 0 Å². The number of pyridine rings is 1. The molecule has 31 heavy (non-hydrogen) atoms. The van der Waals surface area contributed by atoms with Gasteiger partial charge in [0.05, 0.1) is 28.0 Å². The van der Waals surface area contributed by atoms with Gasteiger partial charge in [0, 0.05) is 21.7 Å². The summed E-state index contributed by atoms with van der Waals surface area (Å²) in [6.07, 6.45) is 0. The van der Waals surface area contributed by atoms with Gasteiger partial charge in [0.2, 0.25) is 0 Å². The first kappa shape index (κ1) is 18.0. The third-order valence-corrected chi connectivity index (χ3v) is 6.03. The molecule has 0 saturated carbocycles. The summed E-state index contributed by atoms with van der Waals surface area (Å²) in [5, 5.41) is 6.33. The van der Waals surface area contributed by atoms with Crippen LogP contribution in [-0.4, -0.2) is 20.5 Å². The van der Waals surface area contributed by atoms with Crippen molar-refractivity contribution in [3.05, 3.63) is 101 Å². The first-order valence-electron chi connectivity index (χ1n) is 10.0. The summed E-state index contributed by atoms with van der Waals surface area (Å²) in [5.74, 6) is -0.00295. The van der Waals surface area contributed by atoms with Crippen molar-refractivity contribution >= 4 is 28.4 Å². The lowest BCUT2D eigenvalue weighted by molar-refractivity contribution is 0.104. The first-order chi connectivity index (χ1) is 15.1. The van der Waals surface area contributed by atoms with Crippen molar-refractivity contribution in [3.8, 4) is 28.1 Å². The van der Waals surface area contributed by atoms with Crippen LogP contribution in [0.4, 0.5) is 0 Å². The molecule has 4 nitrogen and oxygen atoms in total. The van der Waals surface area contributed by atoms with E-state index in [2.05, 4.69) is 0 Å². The highest BCUT2D eigenvalue weighted by Gasteiger charge is 2.34. The second kappa shape index (κ2) is 6.62. The molecule has 0 spiro atoms. The van der Waals surface area contributed by atoms with Gasteiger partial charge in [-0.25, -0.2) is 9.67 Å². The topological polar surface area (TPSA) is 47.8 Å². The monoisotopic (exact) mass is 421 g/mol. The highest BCUT2D eigenvalue weighted by molar-refractivity contribution is 6.31. The van der Waals surface area contributed by atoms with Gasteiger partial charge < -0.3 is 0 Å². The van der Waals surface area contributed by atoms with Crippen molar-refractivity contribution in [1.29, 1.82) is 0 Å². The van der Waals surface area contributed by atoms with Crippen molar-refractivity contribution in [2.75, 3.05) is 0 Å². The molecule has 148 valence electrons. The Bertz CT molecular complexity index is 1500. The zero-order chi connectivity index (χ0) is 21.1. The summed E-state index contributed by atoms with van der Waals surface area (Å²) in [6, 6.07) is 25.2. The van der Waals surface area contributed by atoms with Crippen LogP contribution >= 0.6 is 11.6 Å². The van der Waals surface area contributed by atoms with Crippen molar-refractivity contribution in [2.24, 2.45) is 0 Å². The molecule has 3 aromatic carbocycles. The van der Waals surface area contributed by atoms with Gasteiger partial charge in [-0.3, -0.25) is 4.79 Å². The Kier molecular flexibility index (Phi) is 3.86. The van der Waals surface area contributed by atoms with E-state index < -0.39 is 0 Å². The Morgan fingerprint density at radius 1 is 0.806 bits per heavy atom. The van der Waals surface area contributed by atoms with Gasteiger partial charge in [-0.15, -0.1) is 0 Å². The Labute approximate surface area is 183 Å². The predicted molar refractivity (Wildman–Crippen MR) is 123 cm³/mol. The molecule has 0 aliphatic heterocycles. The van der Waals surface area contributed by atoms with E-state index in [1.54, 1.807) is 0 Å². The van der Waals surface area contributed by atoms with E-state index in [0.29, 0.717) is 21.8 Å². The predicted octanol–water partition coefficient (Wildman–Crippen LogP) is 6.26. The minimum atomic E-state index is -0.00295. The molecule has 0 fully saturated rings. The largest absolute Gasteiger partial charge is 0.288 e. The molecule has 0 atom stereocenters. The number of aromatic nitrogens is 3. The molecule has 0 radical (unpaired) electrons. The van der Waals surface area contributed by atoms with Crippen LogP contribution in [0.15, 0.2) is 78.9 Å². The quantitative estimate of drug-likeness (QED) is 0.331. The summed E-state index contributed by atoms with van der Waals surface area (Å²) in [6.45, 7) is 1.96. The Morgan fingerprint density at radius 3 is 2.23 bits per heavy atom. The molecule has 2 aromatic heterocycles. The minimum Gasteiger partial charge on any atom is -0.288 e. The molecule has 0 N–H and O–H groups in total. The van der Waals surface area contributed by atoms with Crippen LogP contribution in [0.3, 0.4) is 0 Å². The van der Waals surface area contributed by atoms with Gasteiger partial charge in [-0.1, -0.05) is 66.2 Å². The highest BCUT2D eigenvalue weighted by atomic mass is 35.5. The van der Waals surface area contributed by atoms with Gasteiger partial charge in [-0.2, -0.15) is 5.10 Å². The van der Waals surface area contributed by atoms with Crippen LogP contribution in [0.1, 0.15) is 21.6 Å². The third kappa shape index (κ3) is 2.58. The number of ketones is 1. The number of hydrogen-bond donors (Lipinski definition) is 0. The van der Waals surface area contributed by atoms with Crippen molar-refractivity contribution < 1.29 is 4.79 Å². The fourth-order valence-electron chi connectivity index (χ4n) is 4.41. The number of benzene rings is 3. The van der Waals surface area contributed by atoms with E-state index in [-0.39, 0.29) is 5.78 Å². The summed E-state index contributed by atoms with van der Waals surface area (Å²) in [5.41, 5.74) is 7.14. The lowest BCUT2D eigenvalue weighted by atomic mass is 9.94. The Morgan fingerprint density at radius 2 is 1.48 bits per heavy atom. The SMILES string of the molecule is Cc1nn(-c2ccccc2)c2nc3c(c(-c4ccc(Cl)cc4)c12)C(=O)c1ccccc1-3. The number of halogens is 1. The maximum absolute atomic E-state index is 13.5. The summed E-state index contributed by atoms with van der Waals surface area (Å²) >= 11 is 6.16. The van der Waals surface area contributed by atoms with Crippen LogP contribution in [0.25, 0.3) is 39.1 Å². The van der Waals surface area contributed by atoms with Gasteiger partial charge in [0.15, 0.2) is 11.4 Å². The van der Waals surface area contributed by atoms with E-state index >= 15 is 0 Å². The summed E-state index contributed by atoms with van der Waals surface area (Å²) in [7, 11) is 0. The number of nitrogens with zero attached hydrogens (tertiary/aromatic N) is 3. The maximum Gasteiger partial charge on any atom is 0.196 e. The molecule has 6 rings (SSSR count). The van der Waals surface area contributed by atoms with Crippen LogP contribution in [0.2, 0.25) is 5.02 Å². The lowest BCUT2D eigenvalue weighted by Gasteiger charge is -2.11. The van der Waals surface area contributed by atoms with E-state index in [0.717, 1.165) is 39.1 Å². The van der Waals surface area contributed by atoms with Gasteiger partial charge in [-0.05, 0) is 36.8 Å². The molecule has 5 heteroatoms. The number of rotatable bonds is 2. The van der Waals surface area contributed by atoms with Crippen molar-refractivity contribution in [1.82, 2.24) is 14.8 Å². The molecule has 5 aromatic rings. The Hall–Kier alpha value is -3.76. The van der Waals surface area contributed by atoms with Gasteiger partial charge in [0.25, 0.3) is 0 Å². The van der Waals surface area contributed by atoms with E-state index in [4.69, 9.17) is 21.7 Å². The number of fused-ring (bicyclic) bond motifs is 4. The average Bonchev–Trinajstić information content (AvgIpc) is 3.29. The van der Waals surface area contributed by atoms with Crippen LogP contribution in [0, 0.1) is 6.92 Å². The molecule has 0 bridgehead atoms. The number of para-hydroxylation sites is 1. The average molecular weight is 422 g/mol. The zero-order valence-corrected chi connectivity index (χ0v) is 17.4. The molecular weight excluding hydrogens is 406 g/mol. The minimum absolute atomic E-state index is 0.00295. The Balaban J connectivity index is 1.78. The van der Waals surface area contributed by atoms with Crippen molar-refractivity contribution in [2.45, 2.75) is 6.92 Å². The molecule has 0 unspecified atom stereocenters. The molecule has 0 amide bonds. The molecular formula is C26H16ClN3O. The smallest absolute Gasteiger partial charge is 0.196 e. The molecule has 1 aliphatic rings. The normalized spacial score (nSPS) is 12.3. The standard InChI is InChI=1S/C26H16ClN3O/c1-15-21-22(16-11-13-17(27)14-12-16)23-24(19-9-5-6-10-20(19)25(23)31)28-26(21)30(29-15)18-7-3-2-4-8-18/h2-14H,1H3. The second-order valence-electron chi connectivity index (χ2n) is 7.62. The van der Waals surface area contributed by atoms with E-state index in [9.17, 15) is 4.79 Å². The first-order valence-corrected chi connectivity index (χ1v) is 10.4. The fourth-order valence-corrected chi connectivity index (χ4v) is 4.53. The van der Waals surface area contributed by atoms with Crippen LogP contribution in [0.5, 0.6) is 0 Å². The van der Waals surface area contributed by atoms with Crippen LogP contribution in [-0.2, 0) is 0 Å². The molecule has 2 heterocycles. The lowest BCUT2D eigenvalue weighted by Crippen LogP contribution is -2.02. The van der Waals surface area contributed by atoms with Crippen molar-refractivity contribution in [3.63, 3.8) is 0 Å². The summed E-state index contributed by atoms with van der Waals surface area (Å²) < 4.78 is 1.86. The second-order valence-corrected chi connectivity index (χ2v) is 8.06. The summed E-state index contributed by atoms with van der Waals surface area (Å²) in [4.78, 5) is 18.5. The zero-order valence-electron chi connectivity index (χ0n) is 16.6. The number of hydrogen-bond acceptors (Lipinski definition) is 3. The van der Waals surface area contributed by atoms with Gasteiger partial charge in [0.1, 0.15) is 0 Å². The fraction of sp³-hybridized carbons (Fsp3) is 0.0385. The maximum atomic E-state index is 13.5. The van der Waals surface area contributed by atoms with E-state index in [1.165, 1.54) is 0 Å².